The van der Waals surface area contributed by atoms with Crippen LogP contribution in [0, 0.1) is 6.92 Å². The number of benzene rings is 1. The van der Waals surface area contributed by atoms with Crippen LogP contribution in [0.25, 0.3) is 11.0 Å². The molecule has 1 aliphatic heterocycles. The zero-order valence-electron chi connectivity index (χ0n) is 12.7. The first-order valence-corrected chi connectivity index (χ1v) is 8.43. The second-order valence-electron chi connectivity index (χ2n) is 6.62. The van der Waals surface area contributed by atoms with Crippen molar-refractivity contribution in [1.29, 1.82) is 0 Å². The van der Waals surface area contributed by atoms with Crippen LogP contribution in [0.4, 0.5) is 0 Å². The summed E-state index contributed by atoms with van der Waals surface area (Å²) in [5.74, 6) is 1.03. The number of halogens is 1. The molecule has 2 unspecified atom stereocenters. The number of hydrogen-bond acceptors (Lipinski definition) is 2. The van der Waals surface area contributed by atoms with Crippen LogP contribution in [0.3, 0.4) is 0 Å². The fraction of sp³-hybridized carbons (Fsp3) is 0.588. The molecule has 2 aliphatic rings. The third-order valence-electron chi connectivity index (χ3n) is 4.85. The molecule has 21 heavy (non-hydrogen) atoms. The first-order chi connectivity index (χ1) is 10.1. The Hall–Kier alpha value is -1.06. The number of fused-ring (bicyclic) bond motifs is 1. The summed E-state index contributed by atoms with van der Waals surface area (Å²) < 4.78 is 2.42. The van der Waals surface area contributed by atoms with Gasteiger partial charge in [-0.15, -0.1) is 11.6 Å². The Morgan fingerprint density at radius 1 is 1.24 bits per heavy atom. The maximum absolute atomic E-state index is 6.41. The second kappa shape index (κ2) is 4.99. The number of nitrogens with zero attached hydrogens (tertiary/aromatic N) is 3. The number of aromatic nitrogens is 2. The SMILES string of the molecule is Cc1ccc2nc(C(C)Cl)n(C3CCN(C4CC4)C3)c2c1. The van der Waals surface area contributed by atoms with Gasteiger partial charge in [-0.25, -0.2) is 4.98 Å². The topological polar surface area (TPSA) is 21.1 Å². The number of hydrogen-bond donors (Lipinski definition) is 0. The van der Waals surface area contributed by atoms with Crippen LogP contribution in [0.5, 0.6) is 0 Å². The molecule has 1 aromatic heterocycles. The van der Waals surface area contributed by atoms with Crippen LogP contribution < -0.4 is 0 Å². The molecule has 2 fully saturated rings. The lowest BCUT2D eigenvalue weighted by molar-refractivity contribution is 0.313. The molecular formula is C17H22ClN3. The number of imidazole rings is 1. The second-order valence-corrected chi connectivity index (χ2v) is 7.27. The highest BCUT2D eigenvalue weighted by molar-refractivity contribution is 6.20. The van der Waals surface area contributed by atoms with Gasteiger partial charge in [-0.05, 0) is 50.8 Å². The van der Waals surface area contributed by atoms with Crippen molar-refractivity contribution in [3.8, 4) is 0 Å². The van der Waals surface area contributed by atoms with Gasteiger partial charge in [0.05, 0.1) is 16.4 Å². The van der Waals surface area contributed by atoms with Crippen LogP contribution in [-0.4, -0.2) is 33.6 Å². The average Bonchev–Trinajstić information content (AvgIpc) is 3.06. The predicted octanol–water partition coefficient (Wildman–Crippen LogP) is 4.05. The highest BCUT2D eigenvalue weighted by Gasteiger charge is 2.36. The van der Waals surface area contributed by atoms with Crippen LogP contribution in [0.15, 0.2) is 18.2 Å². The minimum Gasteiger partial charge on any atom is -0.322 e. The molecule has 1 saturated heterocycles. The summed E-state index contributed by atoms with van der Waals surface area (Å²) in [4.78, 5) is 7.44. The Kier molecular flexibility index (Phi) is 3.23. The standard InChI is InChI=1S/C17H22ClN3/c1-11-3-6-15-16(9-11)21(17(19-15)12(2)18)14-7-8-20(10-14)13-4-5-13/h3,6,9,12-14H,4-5,7-8,10H2,1-2H3. The lowest BCUT2D eigenvalue weighted by atomic mass is 10.2. The first kappa shape index (κ1) is 13.6. The van der Waals surface area contributed by atoms with E-state index in [1.807, 2.05) is 6.92 Å². The molecule has 0 radical (unpaired) electrons. The number of likely N-dealkylation sites (tertiary alicyclic amines) is 1. The quantitative estimate of drug-likeness (QED) is 0.798. The molecule has 3 nitrogen and oxygen atoms in total. The molecule has 1 aromatic carbocycles. The highest BCUT2D eigenvalue weighted by Crippen LogP contribution is 2.37. The number of rotatable bonds is 3. The zero-order valence-corrected chi connectivity index (χ0v) is 13.5. The van der Waals surface area contributed by atoms with E-state index in [2.05, 4.69) is 34.6 Å². The Labute approximate surface area is 130 Å². The van der Waals surface area contributed by atoms with E-state index in [0.29, 0.717) is 6.04 Å². The smallest absolute Gasteiger partial charge is 0.128 e. The van der Waals surface area contributed by atoms with Crippen LogP contribution in [-0.2, 0) is 0 Å². The van der Waals surface area contributed by atoms with E-state index in [-0.39, 0.29) is 5.38 Å². The summed E-state index contributed by atoms with van der Waals surface area (Å²) in [5.41, 5.74) is 3.61. The Balaban J connectivity index is 1.78. The van der Waals surface area contributed by atoms with Gasteiger partial charge in [-0.3, -0.25) is 4.90 Å². The van der Waals surface area contributed by atoms with Gasteiger partial charge in [0.2, 0.25) is 0 Å². The molecule has 0 N–H and O–H groups in total. The van der Waals surface area contributed by atoms with Gasteiger partial charge in [0.1, 0.15) is 5.82 Å². The molecule has 2 atom stereocenters. The summed E-state index contributed by atoms with van der Waals surface area (Å²) in [7, 11) is 0. The van der Waals surface area contributed by atoms with Crippen molar-refractivity contribution in [2.75, 3.05) is 13.1 Å². The van der Waals surface area contributed by atoms with Gasteiger partial charge in [0, 0.05) is 25.2 Å². The molecular weight excluding hydrogens is 282 g/mol. The lowest BCUT2D eigenvalue weighted by Gasteiger charge is -2.19. The molecule has 0 spiro atoms. The molecule has 0 amide bonds. The van der Waals surface area contributed by atoms with Crippen molar-refractivity contribution in [2.24, 2.45) is 0 Å². The average molecular weight is 304 g/mol. The maximum atomic E-state index is 6.41. The molecule has 2 heterocycles. The van der Waals surface area contributed by atoms with Gasteiger partial charge in [-0.1, -0.05) is 6.07 Å². The zero-order chi connectivity index (χ0) is 14.6. The van der Waals surface area contributed by atoms with Gasteiger partial charge in [0.15, 0.2) is 0 Å². The summed E-state index contributed by atoms with van der Waals surface area (Å²) in [6.45, 7) is 6.54. The van der Waals surface area contributed by atoms with Gasteiger partial charge in [-0.2, -0.15) is 0 Å². The molecule has 0 bridgehead atoms. The van der Waals surface area contributed by atoms with Crippen molar-refractivity contribution < 1.29 is 0 Å². The molecule has 112 valence electrons. The van der Waals surface area contributed by atoms with Crippen molar-refractivity contribution in [1.82, 2.24) is 14.5 Å². The van der Waals surface area contributed by atoms with E-state index in [0.717, 1.165) is 23.9 Å². The predicted molar refractivity (Wildman–Crippen MR) is 87.0 cm³/mol. The summed E-state index contributed by atoms with van der Waals surface area (Å²) >= 11 is 6.41. The van der Waals surface area contributed by atoms with E-state index < -0.39 is 0 Å². The van der Waals surface area contributed by atoms with Gasteiger partial charge >= 0.3 is 0 Å². The fourth-order valence-electron chi connectivity index (χ4n) is 3.64. The highest BCUT2D eigenvalue weighted by atomic mass is 35.5. The first-order valence-electron chi connectivity index (χ1n) is 8.00. The van der Waals surface area contributed by atoms with Gasteiger partial charge in [0.25, 0.3) is 0 Å². The van der Waals surface area contributed by atoms with Crippen molar-refractivity contribution >= 4 is 22.6 Å². The Bertz CT molecular complexity index is 672. The Morgan fingerprint density at radius 3 is 2.76 bits per heavy atom. The minimum absolute atomic E-state index is 0.0484. The molecule has 4 heteroatoms. The van der Waals surface area contributed by atoms with Crippen molar-refractivity contribution in [2.45, 2.75) is 50.6 Å². The van der Waals surface area contributed by atoms with E-state index in [1.54, 1.807) is 0 Å². The maximum Gasteiger partial charge on any atom is 0.128 e. The van der Waals surface area contributed by atoms with E-state index in [4.69, 9.17) is 16.6 Å². The van der Waals surface area contributed by atoms with Crippen LogP contribution in [0.2, 0.25) is 0 Å². The lowest BCUT2D eigenvalue weighted by Crippen LogP contribution is -2.24. The van der Waals surface area contributed by atoms with Crippen molar-refractivity contribution in [3.05, 3.63) is 29.6 Å². The van der Waals surface area contributed by atoms with Crippen LogP contribution in [0.1, 0.15) is 49.0 Å². The third kappa shape index (κ3) is 2.36. The molecule has 1 aliphatic carbocycles. The normalized spacial score (nSPS) is 24.8. The fourth-order valence-corrected chi connectivity index (χ4v) is 3.79. The number of alkyl halides is 1. The molecule has 1 saturated carbocycles. The monoisotopic (exact) mass is 303 g/mol. The van der Waals surface area contributed by atoms with E-state index in [9.17, 15) is 0 Å². The molecule has 4 rings (SSSR count). The van der Waals surface area contributed by atoms with Crippen LogP contribution >= 0.6 is 11.6 Å². The minimum atomic E-state index is -0.0484. The number of aryl methyl sites for hydroxylation is 1. The largest absolute Gasteiger partial charge is 0.322 e. The summed E-state index contributed by atoms with van der Waals surface area (Å²) in [6, 6.07) is 7.88. The van der Waals surface area contributed by atoms with E-state index in [1.165, 1.54) is 36.9 Å². The van der Waals surface area contributed by atoms with Gasteiger partial charge < -0.3 is 4.57 Å². The third-order valence-corrected chi connectivity index (χ3v) is 5.05. The molecule has 2 aromatic rings. The van der Waals surface area contributed by atoms with Crippen molar-refractivity contribution in [3.63, 3.8) is 0 Å². The Morgan fingerprint density at radius 2 is 2.05 bits per heavy atom. The summed E-state index contributed by atoms with van der Waals surface area (Å²) in [6.07, 6.45) is 3.98. The summed E-state index contributed by atoms with van der Waals surface area (Å²) in [5, 5.41) is -0.0484. The van der Waals surface area contributed by atoms with E-state index >= 15 is 0 Å².